The van der Waals surface area contributed by atoms with Crippen LogP contribution in [0.1, 0.15) is 24.4 Å². The second kappa shape index (κ2) is 11.0. The Morgan fingerprint density at radius 3 is 2.62 bits per heavy atom. The van der Waals surface area contributed by atoms with Crippen LogP contribution in [-0.2, 0) is 14.3 Å². The summed E-state index contributed by atoms with van der Waals surface area (Å²) in [6.07, 6.45) is -0.0815. The number of ether oxygens (including phenoxy) is 1. The number of hydrogen-bond acceptors (Lipinski definition) is 6. The Morgan fingerprint density at radius 1 is 1.23 bits per heavy atom. The predicted molar refractivity (Wildman–Crippen MR) is 102 cm³/mol. The topological polar surface area (TPSA) is 95.9 Å². The van der Waals surface area contributed by atoms with Crippen molar-refractivity contribution in [3.63, 3.8) is 0 Å². The van der Waals surface area contributed by atoms with Gasteiger partial charge in [0.05, 0.1) is 25.4 Å². The molecule has 7 nitrogen and oxygen atoms in total. The number of amides is 2. The molecule has 26 heavy (non-hydrogen) atoms. The first-order valence-electron chi connectivity index (χ1n) is 8.29. The number of carboxylic acid groups (broad SMARTS) is 1. The zero-order valence-electron chi connectivity index (χ0n) is 14.3. The number of nitrogens with zero attached hydrogens (tertiary/aromatic N) is 1. The smallest absolute Gasteiger partial charge is 0.410 e. The average molecular weight is 399 g/mol. The lowest BCUT2D eigenvalue weighted by Crippen LogP contribution is -2.35. The van der Waals surface area contributed by atoms with Gasteiger partial charge in [-0.2, -0.15) is 0 Å². The number of hydrogen-bond donors (Lipinski definition) is 2. The molecule has 0 radical (unpaired) electrons. The maximum absolute atomic E-state index is 12.3. The van der Waals surface area contributed by atoms with Gasteiger partial charge in [0.15, 0.2) is 0 Å². The Bertz CT molecular complexity index is 614. The molecule has 1 atom stereocenters. The maximum atomic E-state index is 12.3. The quantitative estimate of drug-likeness (QED) is 0.437. The number of carbonyl (C=O) groups excluding carboxylic acids is 2. The van der Waals surface area contributed by atoms with Crippen molar-refractivity contribution < 1.29 is 24.2 Å². The molecule has 2 amide bonds. The fourth-order valence-corrected chi connectivity index (χ4v) is 4.38. The van der Waals surface area contributed by atoms with Crippen molar-refractivity contribution in [2.24, 2.45) is 0 Å². The van der Waals surface area contributed by atoms with Crippen LogP contribution >= 0.6 is 21.6 Å². The van der Waals surface area contributed by atoms with Crippen molar-refractivity contribution in [2.45, 2.75) is 18.9 Å². The molecule has 1 aliphatic heterocycles. The number of carboxylic acids is 1. The fraction of sp³-hybridized carbons (Fsp3) is 0.471. The normalized spacial score (nSPS) is 14.8. The van der Waals surface area contributed by atoms with Crippen LogP contribution in [0.2, 0.25) is 0 Å². The highest BCUT2D eigenvalue weighted by Gasteiger charge is 2.32. The van der Waals surface area contributed by atoms with Crippen LogP contribution in [0.3, 0.4) is 0 Å². The Labute approximate surface area is 160 Å². The molecule has 0 bridgehead atoms. The molecule has 1 aromatic carbocycles. The second-order valence-corrected chi connectivity index (χ2v) is 8.28. The summed E-state index contributed by atoms with van der Waals surface area (Å²) in [4.78, 5) is 36.2. The molecule has 1 aliphatic rings. The summed E-state index contributed by atoms with van der Waals surface area (Å²) in [6.45, 7) is 1.31. The molecular weight excluding hydrogens is 376 g/mol. The maximum Gasteiger partial charge on any atom is 0.410 e. The average Bonchev–Trinajstić information content (AvgIpc) is 3.05. The molecule has 0 aliphatic carbocycles. The van der Waals surface area contributed by atoms with Gasteiger partial charge in [-0.1, -0.05) is 51.9 Å². The summed E-state index contributed by atoms with van der Waals surface area (Å²) in [6, 6.07) is 9.11. The monoisotopic (exact) mass is 398 g/mol. The van der Waals surface area contributed by atoms with Crippen LogP contribution in [0, 0.1) is 0 Å². The van der Waals surface area contributed by atoms with Gasteiger partial charge in [-0.05, 0) is 5.56 Å². The Balaban J connectivity index is 1.78. The van der Waals surface area contributed by atoms with Crippen LogP contribution in [0.25, 0.3) is 0 Å². The molecule has 1 heterocycles. The minimum absolute atomic E-state index is 0.130. The molecule has 142 valence electrons. The number of carbonyl (C=O) groups is 3. The van der Waals surface area contributed by atoms with E-state index in [0.29, 0.717) is 31.2 Å². The largest absolute Gasteiger partial charge is 0.481 e. The first-order valence-corrected chi connectivity index (χ1v) is 10.8. The Morgan fingerprint density at radius 2 is 1.96 bits per heavy atom. The van der Waals surface area contributed by atoms with Crippen molar-refractivity contribution in [1.82, 2.24) is 10.2 Å². The van der Waals surface area contributed by atoms with Gasteiger partial charge >= 0.3 is 12.1 Å². The first kappa shape index (κ1) is 20.4. The van der Waals surface area contributed by atoms with Gasteiger partial charge in [-0.15, -0.1) is 0 Å². The molecular formula is C17H22N2O5S2. The molecule has 0 aromatic heterocycles. The zero-order chi connectivity index (χ0) is 18.8. The lowest BCUT2D eigenvalue weighted by atomic mass is 10.0. The molecule has 1 aromatic rings. The lowest BCUT2D eigenvalue weighted by Gasteiger charge is -2.25. The van der Waals surface area contributed by atoms with E-state index < -0.39 is 12.1 Å². The zero-order valence-corrected chi connectivity index (χ0v) is 15.9. The molecule has 2 N–H and O–H groups in total. The van der Waals surface area contributed by atoms with Crippen LogP contribution in [0.15, 0.2) is 30.3 Å². The van der Waals surface area contributed by atoms with Crippen molar-refractivity contribution in [1.29, 1.82) is 0 Å². The molecule has 9 heteroatoms. The van der Waals surface area contributed by atoms with E-state index >= 15 is 0 Å². The van der Waals surface area contributed by atoms with Gasteiger partial charge in [0, 0.05) is 18.1 Å². The first-order chi connectivity index (χ1) is 12.6. The third kappa shape index (κ3) is 6.80. The van der Waals surface area contributed by atoms with E-state index in [0.717, 1.165) is 5.56 Å². The van der Waals surface area contributed by atoms with Gasteiger partial charge in [0.2, 0.25) is 5.91 Å². The van der Waals surface area contributed by atoms with Crippen LogP contribution < -0.4 is 5.32 Å². The van der Waals surface area contributed by atoms with Crippen molar-refractivity contribution in [3.8, 4) is 0 Å². The lowest BCUT2D eigenvalue weighted by molar-refractivity contribution is -0.136. The predicted octanol–water partition coefficient (Wildman–Crippen LogP) is 2.54. The molecule has 1 unspecified atom stereocenters. The summed E-state index contributed by atoms with van der Waals surface area (Å²) in [5.74, 6) is 0.298. The second-order valence-electron chi connectivity index (χ2n) is 5.58. The van der Waals surface area contributed by atoms with Crippen LogP contribution in [-0.4, -0.2) is 59.2 Å². The van der Waals surface area contributed by atoms with Gasteiger partial charge < -0.3 is 15.2 Å². The van der Waals surface area contributed by atoms with E-state index in [1.807, 2.05) is 30.3 Å². The highest BCUT2D eigenvalue weighted by Crippen LogP contribution is 2.27. The third-order valence-corrected chi connectivity index (χ3v) is 6.13. The van der Waals surface area contributed by atoms with E-state index in [-0.39, 0.29) is 24.8 Å². The number of benzene rings is 1. The number of cyclic esters (lactones) is 1. The third-order valence-electron chi connectivity index (χ3n) is 3.72. The highest BCUT2D eigenvalue weighted by atomic mass is 33.1. The summed E-state index contributed by atoms with van der Waals surface area (Å²) < 4.78 is 5.01. The molecule has 2 rings (SSSR count). The van der Waals surface area contributed by atoms with Crippen LogP contribution in [0.5, 0.6) is 0 Å². The van der Waals surface area contributed by atoms with E-state index in [1.165, 1.54) is 21.6 Å². The minimum Gasteiger partial charge on any atom is -0.481 e. The SMILES string of the molecule is O=C(O)CCSSCCNC(=O)CC(c1ccccc1)N1CCOC1=O. The number of nitrogens with one attached hydrogen (secondary N) is 1. The van der Waals surface area contributed by atoms with Crippen molar-refractivity contribution in [2.75, 3.05) is 31.2 Å². The van der Waals surface area contributed by atoms with Gasteiger partial charge in [0.25, 0.3) is 0 Å². The number of aliphatic carboxylic acids is 1. The molecule has 0 spiro atoms. The fourth-order valence-electron chi connectivity index (χ4n) is 2.50. The minimum atomic E-state index is -0.807. The summed E-state index contributed by atoms with van der Waals surface area (Å²) in [7, 11) is 3.01. The summed E-state index contributed by atoms with van der Waals surface area (Å²) in [5, 5.41) is 11.4. The van der Waals surface area contributed by atoms with Gasteiger partial charge in [0.1, 0.15) is 6.61 Å². The van der Waals surface area contributed by atoms with Crippen molar-refractivity contribution >= 4 is 39.6 Å². The standard InChI is InChI=1S/C17H22N2O5S2/c20-15(18-7-11-26-25-10-6-16(21)22)12-14(13-4-2-1-3-5-13)19-8-9-24-17(19)23/h1-5,14H,6-12H2,(H,18,20)(H,21,22). The number of rotatable bonds is 11. The van der Waals surface area contributed by atoms with E-state index in [1.54, 1.807) is 4.90 Å². The Hall–Kier alpha value is -1.87. The van der Waals surface area contributed by atoms with Gasteiger partial charge in [-0.25, -0.2) is 4.79 Å². The van der Waals surface area contributed by atoms with E-state index in [2.05, 4.69) is 5.32 Å². The molecule has 0 saturated carbocycles. The molecule has 1 fully saturated rings. The Kier molecular flexibility index (Phi) is 8.63. The summed E-state index contributed by atoms with van der Waals surface area (Å²) >= 11 is 0. The highest BCUT2D eigenvalue weighted by molar-refractivity contribution is 8.76. The summed E-state index contributed by atoms with van der Waals surface area (Å²) in [5.41, 5.74) is 0.903. The van der Waals surface area contributed by atoms with E-state index in [9.17, 15) is 14.4 Å². The van der Waals surface area contributed by atoms with Gasteiger partial charge in [-0.3, -0.25) is 14.5 Å². The van der Waals surface area contributed by atoms with Crippen molar-refractivity contribution in [3.05, 3.63) is 35.9 Å². The molecule has 1 saturated heterocycles. The van der Waals surface area contributed by atoms with Crippen LogP contribution in [0.4, 0.5) is 4.79 Å². The van der Waals surface area contributed by atoms with E-state index in [4.69, 9.17) is 9.84 Å².